The summed E-state index contributed by atoms with van der Waals surface area (Å²) in [6.45, 7) is 7.32. The molecule has 5 heteroatoms. The molecular weight excluding hydrogens is 330 g/mol. The molecule has 1 amide bonds. The highest BCUT2D eigenvalue weighted by atomic mass is 16.7. The van der Waals surface area contributed by atoms with E-state index in [-0.39, 0.29) is 24.3 Å². The van der Waals surface area contributed by atoms with Gasteiger partial charge in [-0.1, -0.05) is 44.2 Å². The van der Waals surface area contributed by atoms with Gasteiger partial charge >= 0.3 is 0 Å². The summed E-state index contributed by atoms with van der Waals surface area (Å²) in [7, 11) is 0. The third-order valence-electron chi connectivity index (χ3n) is 4.75. The normalized spacial score (nSPS) is 22.7. The SMILES string of the molecule is CCO[C@H]1OC(C(=O)NCc2ccccc2)=C[C@@H](C(C)C)[C@H]1CCCO. The molecule has 1 aliphatic heterocycles. The number of ether oxygens (including phenoxy) is 2. The van der Waals surface area contributed by atoms with Crippen molar-refractivity contribution in [1.29, 1.82) is 0 Å². The van der Waals surface area contributed by atoms with Crippen LogP contribution in [0.5, 0.6) is 0 Å². The van der Waals surface area contributed by atoms with Crippen LogP contribution in [0.3, 0.4) is 0 Å². The van der Waals surface area contributed by atoms with E-state index in [9.17, 15) is 9.90 Å². The first-order valence-corrected chi connectivity index (χ1v) is 9.49. The summed E-state index contributed by atoms with van der Waals surface area (Å²) in [6.07, 6.45) is 2.98. The zero-order valence-corrected chi connectivity index (χ0v) is 16.0. The molecule has 3 atom stereocenters. The standard InChI is InChI=1S/C21H31NO4/c1-4-25-21-17(11-8-12-23)18(15(2)3)13-19(26-21)20(24)22-14-16-9-6-5-7-10-16/h5-7,9-10,13,15,17-18,21,23H,4,8,11-12,14H2,1-3H3,(H,22,24)/t17-,18+,21+/m1/s1. The van der Waals surface area contributed by atoms with Gasteiger partial charge in [-0.3, -0.25) is 4.79 Å². The minimum Gasteiger partial charge on any atom is -0.459 e. The van der Waals surface area contributed by atoms with Crippen LogP contribution in [0, 0.1) is 17.8 Å². The van der Waals surface area contributed by atoms with Gasteiger partial charge in [-0.05, 0) is 43.2 Å². The summed E-state index contributed by atoms with van der Waals surface area (Å²) in [4.78, 5) is 12.6. The van der Waals surface area contributed by atoms with Gasteiger partial charge in [0.25, 0.3) is 5.91 Å². The fourth-order valence-corrected chi connectivity index (χ4v) is 3.39. The van der Waals surface area contributed by atoms with E-state index in [0.29, 0.717) is 31.2 Å². The Morgan fingerprint density at radius 1 is 1.31 bits per heavy atom. The number of allylic oxidation sites excluding steroid dienone is 1. The third kappa shape index (κ3) is 5.58. The number of amides is 1. The van der Waals surface area contributed by atoms with Gasteiger partial charge < -0.3 is 19.9 Å². The van der Waals surface area contributed by atoms with Crippen molar-refractivity contribution in [2.75, 3.05) is 13.2 Å². The molecule has 1 aromatic carbocycles. The number of carbonyl (C=O) groups is 1. The summed E-state index contributed by atoms with van der Waals surface area (Å²) in [5, 5.41) is 12.1. The van der Waals surface area contributed by atoms with E-state index in [0.717, 1.165) is 12.0 Å². The van der Waals surface area contributed by atoms with Gasteiger partial charge in [-0.2, -0.15) is 0 Å². The van der Waals surface area contributed by atoms with Crippen LogP contribution >= 0.6 is 0 Å². The van der Waals surface area contributed by atoms with Gasteiger partial charge in [-0.15, -0.1) is 0 Å². The molecule has 0 fully saturated rings. The first kappa shape index (κ1) is 20.5. The summed E-state index contributed by atoms with van der Waals surface area (Å²) in [5.74, 6) is 0.766. The second kappa shape index (κ2) is 10.3. The number of benzene rings is 1. The van der Waals surface area contributed by atoms with Gasteiger partial charge in [0.15, 0.2) is 5.76 Å². The largest absolute Gasteiger partial charge is 0.459 e. The van der Waals surface area contributed by atoms with E-state index in [1.807, 2.05) is 43.3 Å². The molecule has 1 heterocycles. The zero-order chi connectivity index (χ0) is 18.9. The lowest BCUT2D eigenvalue weighted by Gasteiger charge is -2.38. The van der Waals surface area contributed by atoms with Crippen LogP contribution in [-0.4, -0.2) is 30.5 Å². The molecule has 1 aliphatic rings. The Balaban J connectivity index is 2.11. The highest BCUT2D eigenvalue weighted by Crippen LogP contribution is 2.37. The van der Waals surface area contributed by atoms with Crippen molar-refractivity contribution in [3.8, 4) is 0 Å². The van der Waals surface area contributed by atoms with Crippen LogP contribution in [0.4, 0.5) is 0 Å². The summed E-state index contributed by atoms with van der Waals surface area (Å²) >= 11 is 0. The molecule has 0 unspecified atom stereocenters. The van der Waals surface area contributed by atoms with Gasteiger partial charge in [0.1, 0.15) is 0 Å². The molecule has 0 bridgehead atoms. The Labute approximate surface area is 156 Å². The Bertz CT molecular complexity index is 585. The van der Waals surface area contributed by atoms with Gasteiger partial charge in [0.2, 0.25) is 6.29 Å². The Morgan fingerprint density at radius 3 is 2.65 bits per heavy atom. The molecule has 1 aromatic rings. The van der Waals surface area contributed by atoms with Gasteiger partial charge in [-0.25, -0.2) is 0 Å². The van der Waals surface area contributed by atoms with Crippen LogP contribution in [0.25, 0.3) is 0 Å². The highest BCUT2D eigenvalue weighted by molar-refractivity contribution is 5.91. The molecule has 2 rings (SSSR count). The molecule has 0 aromatic heterocycles. The second-order valence-corrected chi connectivity index (χ2v) is 6.99. The van der Waals surface area contributed by atoms with Crippen molar-refractivity contribution in [3.63, 3.8) is 0 Å². The van der Waals surface area contributed by atoms with Crippen molar-refractivity contribution in [1.82, 2.24) is 5.32 Å². The van der Waals surface area contributed by atoms with Crippen molar-refractivity contribution in [3.05, 3.63) is 47.7 Å². The van der Waals surface area contributed by atoms with Crippen LogP contribution in [0.15, 0.2) is 42.2 Å². The van der Waals surface area contributed by atoms with E-state index >= 15 is 0 Å². The van der Waals surface area contributed by atoms with Crippen LogP contribution < -0.4 is 5.32 Å². The lowest BCUT2D eigenvalue weighted by Crippen LogP contribution is -2.41. The average Bonchev–Trinajstić information content (AvgIpc) is 2.65. The summed E-state index contributed by atoms with van der Waals surface area (Å²) in [6, 6.07) is 9.79. The van der Waals surface area contributed by atoms with Crippen molar-refractivity contribution < 1.29 is 19.4 Å². The first-order valence-electron chi connectivity index (χ1n) is 9.49. The van der Waals surface area contributed by atoms with Crippen molar-refractivity contribution in [2.24, 2.45) is 17.8 Å². The van der Waals surface area contributed by atoms with Gasteiger partial charge in [0.05, 0.1) is 0 Å². The Kier molecular flexibility index (Phi) is 8.13. The van der Waals surface area contributed by atoms with Gasteiger partial charge in [0, 0.05) is 25.7 Å². The predicted molar refractivity (Wildman–Crippen MR) is 101 cm³/mol. The minimum atomic E-state index is -0.457. The van der Waals surface area contributed by atoms with Crippen LogP contribution in [0.2, 0.25) is 0 Å². The number of rotatable bonds is 9. The van der Waals surface area contributed by atoms with Crippen molar-refractivity contribution in [2.45, 2.75) is 46.4 Å². The van der Waals surface area contributed by atoms with E-state index in [1.165, 1.54) is 0 Å². The molecule has 0 radical (unpaired) electrons. The number of hydrogen-bond donors (Lipinski definition) is 2. The maximum atomic E-state index is 12.6. The van der Waals surface area contributed by atoms with E-state index < -0.39 is 6.29 Å². The van der Waals surface area contributed by atoms with Crippen LogP contribution in [0.1, 0.15) is 39.2 Å². The number of aliphatic hydroxyl groups is 1. The number of carbonyl (C=O) groups excluding carboxylic acids is 1. The molecule has 5 nitrogen and oxygen atoms in total. The number of hydrogen-bond acceptors (Lipinski definition) is 4. The summed E-state index contributed by atoms with van der Waals surface area (Å²) in [5.41, 5.74) is 1.04. The number of nitrogens with one attached hydrogen (secondary N) is 1. The molecule has 0 saturated heterocycles. The smallest absolute Gasteiger partial charge is 0.286 e. The molecule has 2 N–H and O–H groups in total. The minimum absolute atomic E-state index is 0.132. The molecule has 26 heavy (non-hydrogen) atoms. The van der Waals surface area contributed by atoms with Crippen molar-refractivity contribution >= 4 is 5.91 Å². The van der Waals surface area contributed by atoms with Crippen LogP contribution in [-0.2, 0) is 20.8 Å². The third-order valence-corrected chi connectivity index (χ3v) is 4.75. The molecular formula is C21H31NO4. The predicted octanol–water partition coefficient (Wildman–Crippen LogP) is 3.24. The number of aliphatic hydroxyl groups excluding tert-OH is 1. The fourth-order valence-electron chi connectivity index (χ4n) is 3.39. The zero-order valence-electron chi connectivity index (χ0n) is 16.0. The topological polar surface area (TPSA) is 67.8 Å². The van der Waals surface area contributed by atoms with E-state index in [4.69, 9.17) is 9.47 Å². The monoisotopic (exact) mass is 361 g/mol. The Morgan fingerprint density at radius 2 is 2.04 bits per heavy atom. The molecule has 144 valence electrons. The molecule has 0 aliphatic carbocycles. The van der Waals surface area contributed by atoms with E-state index in [2.05, 4.69) is 19.2 Å². The molecule has 0 saturated carbocycles. The maximum absolute atomic E-state index is 12.6. The first-order chi connectivity index (χ1) is 12.6. The molecule has 0 spiro atoms. The lowest BCUT2D eigenvalue weighted by molar-refractivity contribution is -0.175. The lowest BCUT2D eigenvalue weighted by atomic mass is 9.78. The van der Waals surface area contributed by atoms with E-state index in [1.54, 1.807) is 0 Å². The Hall–Kier alpha value is -1.85. The second-order valence-electron chi connectivity index (χ2n) is 6.99. The highest BCUT2D eigenvalue weighted by Gasteiger charge is 2.38. The quantitative estimate of drug-likeness (QED) is 0.708. The fraction of sp³-hybridized carbons (Fsp3) is 0.571. The average molecular weight is 361 g/mol. The maximum Gasteiger partial charge on any atom is 0.286 e. The summed E-state index contributed by atoms with van der Waals surface area (Å²) < 4.78 is 11.7.